The number of hydrogen-bond acceptors (Lipinski definition) is 3. The molecule has 1 aromatic carbocycles. The standard InChI is InChI=1S/C10H10F4N2O2/c11-8-6-7(16(17)18)2-3-9(8)15-5-1-4-10(12,13)14/h2-3,6,15H,1,4-5H2. The van der Waals surface area contributed by atoms with Crippen molar-refractivity contribution >= 4 is 11.4 Å². The largest absolute Gasteiger partial charge is 0.389 e. The highest BCUT2D eigenvalue weighted by Crippen LogP contribution is 2.23. The number of non-ortho nitro benzene ring substituents is 1. The average molecular weight is 266 g/mol. The first-order valence-electron chi connectivity index (χ1n) is 5.04. The van der Waals surface area contributed by atoms with Gasteiger partial charge in [-0.15, -0.1) is 0 Å². The van der Waals surface area contributed by atoms with E-state index in [1.807, 2.05) is 0 Å². The second-order valence-electron chi connectivity index (χ2n) is 3.57. The Labute approximate surface area is 99.8 Å². The maximum Gasteiger partial charge on any atom is 0.389 e. The summed E-state index contributed by atoms with van der Waals surface area (Å²) in [4.78, 5) is 9.58. The Bertz CT molecular complexity index is 434. The van der Waals surface area contributed by atoms with Crippen molar-refractivity contribution in [1.82, 2.24) is 0 Å². The second-order valence-corrected chi connectivity index (χ2v) is 3.57. The lowest BCUT2D eigenvalue weighted by atomic mass is 10.2. The van der Waals surface area contributed by atoms with E-state index in [1.54, 1.807) is 0 Å². The third-order valence-corrected chi connectivity index (χ3v) is 2.12. The van der Waals surface area contributed by atoms with E-state index >= 15 is 0 Å². The molecule has 0 aliphatic carbocycles. The molecule has 0 amide bonds. The van der Waals surface area contributed by atoms with Gasteiger partial charge in [0.15, 0.2) is 5.82 Å². The van der Waals surface area contributed by atoms with Gasteiger partial charge < -0.3 is 5.32 Å². The first-order valence-corrected chi connectivity index (χ1v) is 5.04. The van der Waals surface area contributed by atoms with Gasteiger partial charge in [0.1, 0.15) is 0 Å². The molecule has 0 aromatic heterocycles. The van der Waals surface area contributed by atoms with Crippen LogP contribution in [0.1, 0.15) is 12.8 Å². The zero-order valence-electron chi connectivity index (χ0n) is 9.13. The fourth-order valence-corrected chi connectivity index (χ4v) is 1.27. The summed E-state index contributed by atoms with van der Waals surface area (Å²) in [5, 5.41) is 12.8. The van der Waals surface area contributed by atoms with Crippen LogP contribution in [0, 0.1) is 15.9 Å². The lowest BCUT2D eigenvalue weighted by molar-refractivity contribution is -0.385. The Kier molecular flexibility index (Phi) is 4.46. The molecule has 0 heterocycles. The lowest BCUT2D eigenvalue weighted by Gasteiger charge is -2.08. The zero-order chi connectivity index (χ0) is 13.8. The maximum atomic E-state index is 13.3. The van der Waals surface area contributed by atoms with Gasteiger partial charge >= 0.3 is 6.18 Å². The van der Waals surface area contributed by atoms with Gasteiger partial charge in [-0.1, -0.05) is 0 Å². The minimum Gasteiger partial charge on any atom is -0.383 e. The van der Waals surface area contributed by atoms with E-state index in [1.165, 1.54) is 0 Å². The van der Waals surface area contributed by atoms with Crippen LogP contribution in [0.25, 0.3) is 0 Å². The van der Waals surface area contributed by atoms with Crippen LogP contribution < -0.4 is 5.32 Å². The number of benzene rings is 1. The molecule has 0 aliphatic heterocycles. The van der Waals surface area contributed by atoms with Gasteiger partial charge in [0.05, 0.1) is 16.7 Å². The molecular formula is C10H10F4N2O2. The monoisotopic (exact) mass is 266 g/mol. The molecule has 1 N–H and O–H groups in total. The highest BCUT2D eigenvalue weighted by molar-refractivity contribution is 5.49. The van der Waals surface area contributed by atoms with Crippen LogP contribution in [0.15, 0.2) is 18.2 Å². The summed E-state index contributed by atoms with van der Waals surface area (Å²) < 4.78 is 48.8. The van der Waals surface area contributed by atoms with Crippen molar-refractivity contribution in [2.24, 2.45) is 0 Å². The van der Waals surface area contributed by atoms with Crippen molar-refractivity contribution in [3.8, 4) is 0 Å². The molecule has 0 radical (unpaired) electrons. The van der Waals surface area contributed by atoms with Crippen LogP contribution in [-0.4, -0.2) is 17.6 Å². The summed E-state index contributed by atoms with van der Waals surface area (Å²) in [5.74, 6) is -0.865. The van der Waals surface area contributed by atoms with Crippen LogP contribution in [0.5, 0.6) is 0 Å². The van der Waals surface area contributed by atoms with Crippen LogP contribution in [0.4, 0.5) is 28.9 Å². The van der Waals surface area contributed by atoms with E-state index < -0.39 is 29.0 Å². The van der Waals surface area contributed by atoms with E-state index in [2.05, 4.69) is 5.32 Å². The van der Waals surface area contributed by atoms with E-state index in [0.717, 1.165) is 12.1 Å². The third-order valence-electron chi connectivity index (χ3n) is 2.12. The van der Waals surface area contributed by atoms with Crippen molar-refractivity contribution < 1.29 is 22.5 Å². The summed E-state index contributed by atoms with van der Waals surface area (Å²) >= 11 is 0. The molecule has 0 bridgehead atoms. The van der Waals surface area contributed by atoms with Crippen LogP contribution >= 0.6 is 0 Å². The number of nitrogens with one attached hydrogen (secondary N) is 1. The summed E-state index contributed by atoms with van der Waals surface area (Å²) in [6.07, 6.45) is -5.40. The first kappa shape index (κ1) is 14.2. The van der Waals surface area contributed by atoms with Crippen molar-refractivity contribution in [1.29, 1.82) is 0 Å². The molecule has 1 rings (SSSR count). The Morgan fingerprint density at radius 3 is 2.50 bits per heavy atom. The summed E-state index contributed by atoms with van der Waals surface area (Å²) in [6, 6.07) is 2.92. The van der Waals surface area contributed by atoms with Gasteiger partial charge in [-0.05, 0) is 12.5 Å². The Balaban J connectivity index is 2.51. The average Bonchev–Trinajstić information content (AvgIpc) is 2.24. The number of nitrogens with zero attached hydrogens (tertiary/aromatic N) is 1. The number of hydrogen-bond donors (Lipinski definition) is 1. The molecule has 4 nitrogen and oxygen atoms in total. The van der Waals surface area contributed by atoms with Gasteiger partial charge in [0.2, 0.25) is 0 Å². The molecule has 18 heavy (non-hydrogen) atoms. The predicted octanol–water partition coefficient (Wildman–Crippen LogP) is 3.49. The molecule has 0 spiro atoms. The quantitative estimate of drug-likeness (QED) is 0.384. The summed E-state index contributed by atoms with van der Waals surface area (Å²) in [7, 11) is 0. The minimum absolute atomic E-state index is 0.0530. The molecule has 0 atom stereocenters. The Morgan fingerprint density at radius 1 is 1.33 bits per heavy atom. The molecule has 100 valence electrons. The van der Waals surface area contributed by atoms with Gasteiger partial charge in [0.25, 0.3) is 5.69 Å². The van der Waals surface area contributed by atoms with E-state index in [4.69, 9.17) is 0 Å². The third kappa shape index (κ3) is 4.56. The minimum atomic E-state index is -4.24. The topological polar surface area (TPSA) is 55.2 Å². The molecule has 0 aliphatic rings. The summed E-state index contributed by atoms with van der Waals surface area (Å²) in [5.41, 5.74) is -0.462. The van der Waals surface area contributed by atoms with Gasteiger partial charge in [-0.25, -0.2) is 4.39 Å². The van der Waals surface area contributed by atoms with Gasteiger partial charge in [0, 0.05) is 19.0 Å². The zero-order valence-corrected chi connectivity index (χ0v) is 9.13. The van der Waals surface area contributed by atoms with Crippen molar-refractivity contribution in [2.45, 2.75) is 19.0 Å². The fourth-order valence-electron chi connectivity index (χ4n) is 1.27. The lowest BCUT2D eigenvalue weighted by Crippen LogP contribution is -2.11. The Morgan fingerprint density at radius 2 is 2.00 bits per heavy atom. The van der Waals surface area contributed by atoms with Gasteiger partial charge in [-0.3, -0.25) is 10.1 Å². The Hall–Kier alpha value is -1.86. The highest BCUT2D eigenvalue weighted by Gasteiger charge is 2.25. The molecule has 1 aromatic rings. The number of nitro benzene ring substituents is 1. The first-order chi connectivity index (χ1) is 8.29. The molecule has 8 heteroatoms. The smallest absolute Gasteiger partial charge is 0.383 e. The van der Waals surface area contributed by atoms with E-state index in [9.17, 15) is 27.7 Å². The summed E-state index contributed by atoms with van der Waals surface area (Å²) in [6.45, 7) is -0.0613. The molecule has 0 unspecified atom stereocenters. The number of anilines is 1. The normalized spacial score (nSPS) is 11.3. The van der Waals surface area contributed by atoms with Crippen LogP contribution in [-0.2, 0) is 0 Å². The molecule has 0 saturated heterocycles. The highest BCUT2D eigenvalue weighted by atomic mass is 19.4. The second kappa shape index (κ2) is 5.65. The van der Waals surface area contributed by atoms with E-state index in [-0.39, 0.29) is 18.7 Å². The molecular weight excluding hydrogens is 256 g/mol. The van der Waals surface area contributed by atoms with Crippen molar-refractivity contribution in [3.63, 3.8) is 0 Å². The number of halogens is 4. The number of nitro groups is 1. The van der Waals surface area contributed by atoms with E-state index in [0.29, 0.717) is 6.07 Å². The van der Waals surface area contributed by atoms with Gasteiger partial charge in [-0.2, -0.15) is 13.2 Å². The van der Waals surface area contributed by atoms with Crippen LogP contribution in [0.3, 0.4) is 0 Å². The van der Waals surface area contributed by atoms with Crippen molar-refractivity contribution in [3.05, 3.63) is 34.1 Å². The fraction of sp³-hybridized carbons (Fsp3) is 0.400. The molecule has 0 fully saturated rings. The SMILES string of the molecule is O=[N+]([O-])c1ccc(NCCCC(F)(F)F)c(F)c1. The molecule has 0 saturated carbocycles. The number of rotatable bonds is 5. The predicted molar refractivity (Wildman–Crippen MR) is 56.8 cm³/mol. The van der Waals surface area contributed by atoms with Crippen LogP contribution in [0.2, 0.25) is 0 Å². The number of alkyl halides is 3. The maximum absolute atomic E-state index is 13.3. The van der Waals surface area contributed by atoms with Crippen molar-refractivity contribution in [2.75, 3.05) is 11.9 Å².